The number of sulfone groups is 1. The molecule has 0 saturated carbocycles. The molecule has 3 aromatic rings. The minimum Gasteiger partial charge on any atom is -0.455 e. The van der Waals surface area contributed by atoms with E-state index in [0.29, 0.717) is 6.54 Å². The van der Waals surface area contributed by atoms with Crippen LogP contribution >= 0.6 is 0 Å². The van der Waals surface area contributed by atoms with Gasteiger partial charge in [0.15, 0.2) is 15.6 Å². The molecular formula is C21H21NO4S. The third kappa shape index (κ3) is 4.86. The lowest BCUT2D eigenvalue weighted by Gasteiger charge is -2.12. The molecule has 0 aliphatic carbocycles. The number of amides is 1. The van der Waals surface area contributed by atoms with Crippen molar-refractivity contribution in [2.24, 2.45) is 0 Å². The minimum atomic E-state index is -3.51. The number of hydrogen-bond acceptors (Lipinski definition) is 4. The summed E-state index contributed by atoms with van der Waals surface area (Å²) in [7, 11) is -3.51. The van der Waals surface area contributed by atoms with Gasteiger partial charge in [-0.15, -0.1) is 0 Å². The van der Waals surface area contributed by atoms with E-state index in [4.69, 9.17) is 4.42 Å². The molecule has 0 spiro atoms. The molecule has 1 unspecified atom stereocenters. The molecule has 140 valence electrons. The number of nitrogens with one attached hydrogen (secondary N) is 1. The molecule has 0 radical (unpaired) electrons. The first kappa shape index (κ1) is 18.9. The molecule has 1 aromatic heterocycles. The highest BCUT2D eigenvalue weighted by atomic mass is 32.2. The second-order valence-corrected chi connectivity index (χ2v) is 8.35. The zero-order valence-corrected chi connectivity index (χ0v) is 15.8. The van der Waals surface area contributed by atoms with E-state index in [2.05, 4.69) is 5.32 Å². The first-order chi connectivity index (χ1) is 13.0. The fraction of sp³-hybridized carbons (Fsp3) is 0.190. The predicted molar refractivity (Wildman–Crippen MR) is 103 cm³/mol. The van der Waals surface area contributed by atoms with Crippen molar-refractivity contribution in [2.75, 3.05) is 6.54 Å². The lowest BCUT2D eigenvalue weighted by atomic mass is 10.0. The number of benzene rings is 2. The second kappa shape index (κ2) is 8.22. The lowest BCUT2D eigenvalue weighted by Crippen LogP contribution is -2.27. The van der Waals surface area contributed by atoms with Crippen LogP contribution in [0.4, 0.5) is 0 Å². The lowest BCUT2D eigenvalue weighted by molar-refractivity contribution is 0.0922. The van der Waals surface area contributed by atoms with E-state index < -0.39 is 9.84 Å². The van der Waals surface area contributed by atoms with Gasteiger partial charge in [0.1, 0.15) is 11.5 Å². The highest BCUT2D eigenvalue weighted by molar-refractivity contribution is 7.90. The van der Waals surface area contributed by atoms with Crippen LogP contribution in [0.2, 0.25) is 0 Å². The molecule has 27 heavy (non-hydrogen) atoms. The van der Waals surface area contributed by atoms with Gasteiger partial charge in [0.2, 0.25) is 0 Å². The SMILES string of the molecule is CC(CNC(=O)c1ccc(CS(=O)(=O)c2ccccc2)o1)c1ccccc1. The average Bonchev–Trinajstić information content (AvgIpc) is 3.15. The van der Waals surface area contributed by atoms with E-state index in [1.807, 2.05) is 37.3 Å². The Morgan fingerprint density at radius 2 is 1.59 bits per heavy atom. The summed E-state index contributed by atoms with van der Waals surface area (Å²) in [5, 5.41) is 2.82. The molecule has 1 atom stereocenters. The zero-order chi connectivity index (χ0) is 19.3. The molecule has 0 fully saturated rings. The van der Waals surface area contributed by atoms with Crippen molar-refractivity contribution in [3.05, 3.63) is 89.9 Å². The zero-order valence-electron chi connectivity index (χ0n) is 15.0. The number of carbonyl (C=O) groups excluding carboxylic acids is 1. The van der Waals surface area contributed by atoms with Crippen LogP contribution in [-0.4, -0.2) is 20.9 Å². The van der Waals surface area contributed by atoms with Crippen molar-refractivity contribution >= 4 is 15.7 Å². The summed E-state index contributed by atoms with van der Waals surface area (Å²) in [5.74, 6) is -0.150. The molecule has 1 amide bonds. The largest absolute Gasteiger partial charge is 0.455 e. The summed E-state index contributed by atoms with van der Waals surface area (Å²) in [6, 6.07) is 21.1. The van der Waals surface area contributed by atoms with Crippen LogP contribution in [-0.2, 0) is 15.6 Å². The maximum Gasteiger partial charge on any atom is 0.287 e. The Kier molecular flexibility index (Phi) is 5.76. The molecule has 0 saturated heterocycles. The predicted octanol–water partition coefficient (Wildman–Crippen LogP) is 3.79. The average molecular weight is 383 g/mol. The van der Waals surface area contributed by atoms with Crippen molar-refractivity contribution in [2.45, 2.75) is 23.5 Å². The highest BCUT2D eigenvalue weighted by Gasteiger charge is 2.19. The van der Waals surface area contributed by atoms with E-state index in [1.165, 1.54) is 24.3 Å². The Morgan fingerprint density at radius 1 is 0.963 bits per heavy atom. The van der Waals surface area contributed by atoms with Gasteiger partial charge in [-0.1, -0.05) is 55.5 Å². The van der Waals surface area contributed by atoms with Gasteiger partial charge in [-0.25, -0.2) is 8.42 Å². The van der Waals surface area contributed by atoms with Crippen LogP contribution in [0.5, 0.6) is 0 Å². The molecule has 3 rings (SSSR count). The number of furan rings is 1. The van der Waals surface area contributed by atoms with E-state index in [9.17, 15) is 13.2 Å². The standard InChI is InChI=1S/C21H21NO4S/c1-16(17-8-4-2-5-9-17)14-22-21(23)20-13-12-18(26-20)15-27(24,25)19-10-6-3-7-11-19/h2-13,16H,14-15H2,1H3,(H,22,23). The topological polar surface area (TPSA) is 76.4 Å². The van der Waals surface area contributed by atoms with Gasteiger partial charge in [-0.2, -0.15) is 0 Å². The number of rotatable bonds is 7. The first-order valence-corrected chi connectivity index (χ1v) is 10.3. The minimum absolute atomic E-state index is 0.105. The van der Waals surface area contributed by atoms with Gasteiger partial charge in [-0.05, 0) is 35.7 Å². The molecule has 1 N–H and O–H groups in total. The maximum absolute atomic E-state index is 12.4. The Labute approximate surface area is 159 Å². The summed E-state index contributed by atoms with van der Waals surface area (Å²) in [6.45, 7) is 2.48. The molecule has 6 heteroatoms. The van der Waals surface area contributed by atoms with Gasteiger partial charge in [0.25, 0.3) is 5.91 Å². The van der Waals surface area contributed by atoms with Gasteiger partial charge in [0, 0.05) is 6.54 Å². The van der Waals surface area contributed by atoms with Crippen LogP contribution in [0.25, 0.3) is 0 Å². The Balaban J connectivity index is 1.61. The van der Waals surface area contributed by atoms with E-state index in [0.717, 1.165) is 5.56 Å². The second-order valence-electron chi connectivity index (χ2n) is 6.36. The van der Waals surface area contributed by atoms with Gasteiger partial charge in [0.05, 0.1) is 4.90 Å². The summed E-state index contributed by atoms with van der Waals surface area (Å²) in [5.41, 5.74) is 1.13. The van der Waals surface area contributed by atoms with Crippen LogP contribution in [0, 0.1) is 0 Å². The molecule has 2 aromatic carbocycles. The fourth-order valence-electron chi connectivity index (χ4n) is 2.71. The van der Waals surface area contributed by atoms with Crippen molar-refractivity contribution in [3.63, 3.8) is 0 Å². The molecule has 0 bridgehead atoms. The van der Waals surface area contributed by atoms with Crippen molar-refractivity contribution < 1.29 is 17.6 Å². The van der Waals surface area contributed by atoms with E-state index >= 15 is 0 Å². The van der Waals surface area contributed by atoms with Crippen LogP contribution < -0.4 is 5.32 Å². The summed E-state index contributed by atoms with van der Waals surface area (Å²) in [4.78, 5) is 12.5. The third-order valence-corrected chi connectivity index (χ3v) is 5.91. The molecule has 0 aliphatic rings. The molecule has 0 aliphatic heterocycles. The number of carbonyl (C=O) groups is 1. The van der Waals surface area contributed by atoms with Crippen LogP contribution in [0.15, 0.2) is 82.1 Å². The quantitative estimate of drug-likeness (QED) is 0.673. The van der Waals surface area contributed by atoms with E-state index in [-0.39, 0.29) is 34.0 Å². The monoisotopic (exact) mass is 383 g/mol. The van der Waals surface area contributed by atoms with Gasteiger partial charge >= 0.3 is 0 Å². The molecule has 1 heterocycles. The van der Waals surface area contributed by atoms with Crippen molar-refractivity contribution in [1.82, 2.24) is 5.32 Å². The van der Waals surface area contributed by atoms with E-state index in [1.54, 1.807) is 18.2 Å². The van der Waals surface area contributed by atoms with Crippen LogP contribution in [0.3, 0.4) is 0 Å². The Hall–Kier alpha value is -2.86. The number of hydrogen-bond donors (Lipinski definition) is 1. The normalized spacial score (nSPS) is 12.5. The summed E-state index contributed by atoms with van der Waals surface area (Å²) in [6.07, 6.45) is 0. The van der Waals surface area contributed by atoms with Crippen molar-refractivity contribution in [1.29, 1.82) is 0 Å². The highest BCUT2D eigenvalue weighted by Crippen LogP contribution is 2.18. The molecule has 5 nitrogen and oxygen atoms in total. The fourth-order valence-corrected chi connectivity index (χ4v) is 3.98. The first-order valence-electron chi connectivity index (χ1n) is 8.65. The Morgan fingerprint density at radius 3 is 2.26 bits per heavy atom. The smallest absolute Gasteiger partial charge is 0.287 e. The Bertz CT molecular complexity index is 995. The third-order valence-electron chi connectivity index (χ3n) is 4.26. The summed E-state index contributed by atoms with van der Waals surface area (Å²) < 4.78 is 30.2. The van der Waals surface area contributed by atoms with Crippen LogP contribution in [0.1, 0.15) is 34.7 Å². The summed E-state index contributed by atoms with van der Waals surface area (Å²) >= 11 is 0. The van der Waals surface area contributed by atoms with Crippen molar-refractivity contribution in [3.8, 4) is 0 Å². The van der Waals surface area contributed by atoms with Gasteiger partial charge in [-0.3, -0.25) is 4.79 Å². The van der Waals surface area contributed by atoms with Gasteiger partial charge < -0.3 is 9.73 Å². The molecular weight excluding hydrogens is 362 g/mol. The maximum atomic E-state index is 12.4.